The number of halogens is 1. The normalized spacial score (nSPS) is 13.3. The molecule has 1 heterocycles. The van der Waals surface area contributed by atoms with Crippen molar-refractivity contribution in [3.8, 4) is 0 Å². The first-order chi connectivity index (χ1) is 7.09. The zero-order chi connectivity index (χ0) is 11.0. The third-order valence-corrected chi connectivity index (χ3v) is 2.71. The molecule has 0 saturated heterocycles. The fraction of sp³-hybridized carbons (Fsp3) is 0.364. The van der Waals surface area contributed by atoms with Crippen molar-refractivity contribution in [2.45, 2.75) is 19.4 Å². The Kier molecular flexibility index (Phi) is 2.67. The molecule has 0 amide bonds. The summed E-state index contributed by atoms with van der Waals surface area (Å²) in [5.41, 5.74) is 7.78. The van der Waals surface area contributed by atoms with Crippen molar-refractivity contribution < 1.29 is 0 Å². The zero-order valence-corrected chi connectivity index (χ0v) is 9.62. The summed E-state index contributed by atoms with van der Waals surface area (Å²) in [6.07, 6.45) is 0.775. The summed E-state index contributed by atoms with van der Waals surface area (Å²) < 4.78 is 1.81. The number of nitrogens with two attached hydrogens (primary N) is 1. The number of fused-ring (bicyclic) bond motifs is 1. The van der Waals surface area contributed by atoms with E-state index in [9.17, 15) is 0 Å². The molecule has 2 aromatic rings. The van der Waals surface area contributed by atoms with Crippen LogP contribution in [-0.4, -0.2) is 15.8 Å². The van der Waals surface area contributed by atoms with Gasteiger partial charge in [-0.15, -0.1) is 0 Å². The highest BCUT2D eigenvalue weighted by Crippen LogP contribution is 2.25. The Morgan fingerprint density at radius 2 is 2.27 bits per heavy atom. The van der Waals surface area contributed by atoms with Crippen LogP contribution < -0.4 is 5.73 Å². The Hall–Kier alpha value is -1.06. The predicted octanol–water partition coefficient (Wildman–Crippen LogP) is 2.12. The second-order valence-electron chi connectivity index (χ2n) is 3.89. The van der Waals surface area contributed by atoms with Gasteiger partial charge in [-0.1, -0.05) is 23.7 Å². The van der Waals surface area contributed by atoms with Gasteiger partial charge in [-0.3, -0.25) is 4.68 Å². The molecule has 0 saturated carbocycles. The quantitative estimate of drug-likeness (QED) is 0.848. The number of benzene rings is 1. The van der Waals surface area contributed by atoms with Gasteiger partial charge in [-0.25, -0.2) is 0 Å². The molecule has 0 bridgehead atoms. The minimum atomic E-state index is 0.113. The van der Waals surface area contributed by atoms with Crippen LogP contribution in [0.2, 0.25) is 5.02 Å². The van der Waals surface area contributed by atoms with Gasteiger partial charge in [0.25, 0.3) is 0 Å². The SMILES string of the molecule is CC(N)Cc1nn(C)c2c(Cl)cccc12. The number of rotatable bonds is 2. The van der Waals surface area contributed by atoms with Crippen LogP contribution in [0.25, 0.3) is 10.9 Å². The number of hydrogen-bond acceptors (Lipinski definition) is 2. The summed E-state index contributed by atoms with van der Waals surface area (Å²) in [4.78, 5) is 0. The summed E-state index contributed by atoms with van der Waals surface area (Å²) in [6.45, 7) is 1.98. The van der Waals surface area contributed by atoms with E-state index in [2.05, 4.69) is 5.10 Å². The molecule has 0 aliphatic heterocycles. The van der Waals surface area contributed by atoms with Crippen LogP contribution in [-0.2, 0) is 13.5 Å². The van der Waals surface area contributed by atoms with E-state index in [1.807, 2.05) is 36.9 Å². The number of hydrogen-bond donors (Lipinski definition) is 1. The molecule has 0 spiro atoms. The lowest BCUT2D eigenvalue weighted by molar-refractivity contribution is 0.693. The Balaban J connectivity index is 2.63. The van der Waals surface area contributed by atoms with Crippen molar-refractivity contribution in [1.82, 2.24) is 9.78 Å². The molecule has 1 atom stereocenters. The van der Waals surface area contributed by atoms with Gasteiger partial charge >= 0.3 is 0 Å². The van der Waals surface area contributed by atoms with E-state index >= 15 is 0 Å². The first kappa shape index (κ1) is 10.5. The van der Waals surface area contributed by atoms with E-state index < -0.39 is 0 Å². The lowest BCUT2D eigenvalue weighted by Crippen LogP contribution is -2.18. The van der Waals surface area contributed by atoms with Crippen molar-refractivity contribution in [1.29, 1.82) is 0 Å². The molecule has 0 aliphatic rings. The molecule has 1 aromatic heterocycles. The zero-order valence-electron chi connectivity index (χ0n) is 8.87. The van der Waals surface area contributed by atoms with E-state index in [-0.39, 0.29) is 6.04 Å². The van der Waals surface area contributed by atoms with E-state index in [1.165, 1.54) is 0 Å². The van der Waals surface area contributed by atoms with E-state index in [0.717, 1.165) is 28.0 Å². The predicted molar refractivity (Wildman–Crippen MR) is 63.1 cm³/mol. The molecule has 0 radical (unpaired) electrons. The number of aryl methyl sites for hydroxylation is 1. The van der Waals surface area contributed by atoms with Gasteiger partial charge in [0, 0.05) is 24.9 Å². The van der Waals surface area contributed by atoms with Gasteiger partial charge in [-0.05, 0) is 13.0 Å². The second kappa shape index (κ2) is 3.83. The fourth-order valence-electron chi connectivity index (χ4n) is 1.82. The Morgan fingerprint density at radius 3 is 2.93 bits per heavy atom. The van der Waals surface area contributed by atoms with E-state index in [0.29, 0.717) is 0 Å². The first-order valence-electron chi connectivity index (χ1n) is 4.95. The topological polar surface area (TPSA) is 43.8 Å². The van der Waals surface area contributed by atoms with Crippen molar-refractivity contribution in [3.05, 3.63) is 28.9 Å². The average molecular weight is 224 g/mol. The fourth-order valence-corrected chi connectivity index (χ4v) is 2.11. The molecule has 3 nitrogen and oxygen atoms in total. The Labute approximate surface area is 93.8 Å². The molecule has 0 aliphatic carbocycles. The molecule has 2 rings (SSSR count). The maximum absolute atomic E-state index is 6.12. The standard InChI is InChI=1S/C11H14ClN3/c1-7(13)6-10-8-4-3-5-9(12)11(8)15(2)14-10/h3-5,7H,6,13H2,1-2H3. The van der Waals surface area contributed by atoms with Crippen molar-refractivity contribution in [2.24, 2.45) is 12.8 Å². The first-order valence-corrected chi connectivity index (χ1v) is 5.33. The van der Waals surface area contributed by atoms with Crippen LogP contribution in [0.1, 0.15) is 12.6 Å². The van der Waals surface area contributed by atoms with Gasteiger partial charge in [0.2, 0.25) is 0 Å². The summed E-state index contributed by atoms with van der Waals surface area (Å²) in [5.74, 6) is 0. The molecule has 1 aromatic carbocycles. The smallest absolute Gasteiger partial charge is 0.0868 e. The van der Waals surface area contributed by atoms with E-state index in [4.69, 9.17) is 17.3 Å². The van der Waals surface area contributed by atoms with Crippen LogP contribution in [0.4, 0.5) is 0 Å². The summed E-state index contributed by atoms with van der Waals surface area (Å²) >= 11 is 6.12. The van der Waals surface area contributed by atoms with Crippen molar-refractivity contribution in [2.75, 3.05) is 0 Å². The molecule has 15 heavy (non-hydrogen) atoms. The lowest BCUT2D eigenvalue weighted by atomic mass is 10.1. The maximum atomic E-state index is 6.12. The molecule has 0 fully saturated rings. The van der Waals surface area contributed by atoms with E-state index in [1.54, 1.807) is 0 Å². The largest absolute Gasteiger partial charge is 0.328 e. The van der Waals surface area contributed by atoms with Crippen LogP contribution in [0.3, 0.4) is 0 Å². The van der Waals surface area contributed by atoms with Crippen LogP contribution in [0.5, 0.6) is 0 Å². The highest BCUT2D eigenvalue weighted by molar-refractivity contribution is 6.35. The average Bonchev–Trinajstić information content (AvgIpc) is 2.44. The van der Waals surface area contributed by atoms with Gasteiger partial charge in [0.15, 0.2) is 0 Å². The summed E-state index contributed by atoms with van der Waals surface area (Å²) in [7, 11) is 1.90. The van der Waals surface area contributed by atoms with Crippen LogP contribution in [0, 0.1) is 0 Å². The number of aromatic nitrogens is 2. The minimum absolute atomic E-state index is 0.113. The summed E-state index contributed by atoms with van der Waals surface area (Å²) in [6, 6.07) is 5.96. The number of nitrogens with zero attached hydrogens (tertiary/aromatic N) is 2. The van der Waals surface area contributed by atoms with Crippen LogP contribution >= 0.6 is 11.6 Å². The monoisotopic (exact) mass is 223 g/mol. The Morgan fingerprint density at radius 1 is 1.53 bits per heavy atom. The highest BCUT2D eigenvalue weighted by atomic mass is 35.5. The van der Waals surface area contributed by atoms with Gasteiger partial charge in [-0.2, -0.15) is 5.10 Å². The molecule has 2 N–H and O–H groups in total. The van der Waals surface area contributed by atoms with Crippen molar-refractivity contribution >= 4 is 22.5 Å². The third kappa shape index (κ3) is 1.85. The van der Waals surface area contributed by atoms with Gasteiger partial charge in [0.1, 0.15) is 0 Å². The minimum Gasteiger partial charge on any atom is -0.328 e. The van der Waals surface area contributed by atoms with Gasteiger partial charge < -0.3 is 5.73 Å². The highest BCUT2D eigenvalue weighted by Gasteiger charge is 2.11. The second-order valence-corrected chi connectivity index (χ2v) is 4.29. The maximum Gasteiger partial charge on any atom is 0.0868 e. The van der Waals surface area contributed by atoms with Crippen LogP contribution in [0.15, 0.2) is 18.2 Å². The lowest BCUT2D eigenvalue weighted by Gasteiger charge is -2.01. The number of para-hydroxylation sites is 1. The molecule has 4 heteroatoms. The molecule has 80 valence electrons. The third-order valence-electron chi connectivity index (χ3n) is 2.41. The molecule has 1 unspecified atom stereocenters. The van der Waals surface area contributed by atoms with Crippen molar-refractivity contribution in [3.63, 3.8) is 0 Å². The summed E-state index contributed by atoms with van der Waals surface area (Å²) in [5, 5.41) is 6.28. The molecular weight excluding hydrogens is 210 g/mol. The Bertz CT molecular complexity index is 488. The molecular formula is C11H14ClN3. The van der Waals surface area contributed by atoms with Gasteiger partial charge in [0.05, 0.1) is 16.2 Å².